The molecule has 112 valence electrons. The van der Waals surface area contributed by atoms with E-state index >= 15 is 0 Å². The van der Waals surface area contributed by atoms with E-state index in [-0.39, 0.29) is 28.1 Å². The minimum atomic E-state index is -1.39. The first kappa shape index (κ1) is 15.1. The highest BCUT2D eigenvalue weighted by molar-refractivity contribution is 6.37. The number of hydrogen-bond donors (Lipinski definition) is 4. The van der Waals surface area contributed by atoms with Crippen molar-refractivity contribution in [1.82, 2.24) is 0 Å². The zero-order valence-corrected chi connectivity index (χ0v) is 11.5. The molecule has 0 bridgehead atoms. The standard InChI is InChI=1S/C16H14N2O4/c17-11-8-4-7-10(14(11)18)13(16(21)22)12(15(19)20)9-5-2-1-3-6-9/h1-8H,17-18H2,(H,19,20)(H,21,22). The molecule has 0 spiro atoms. The van der Waals surface area contributed by atoms with Gasteiger partial charge in [-0.2, -0.15) is 0 Å². The second kappa shape index (κ2) is 6.01. The van der Waals surface area contributed by atoms with Crippen molar-refractivity contribution >= 4 is 34.5 Å². The van der Waals surface area contributed by atoms with E-state index in [1.54, 1.807) is 18.2 Å². The summed E-state index contributed by atoms with van der Waals surface area (Å²) in [6.07, 6.45) is 0. The summed E-state index contributed by atoms with van der Waals surface area (Å²) in [5, 5.41) is 19.0. The third-order valence-corrected chi connectivity index (χ3v) is 3.15. The lowest BCUT2D eigenvalue weighted by Crippen LogP contribution is -2.12. The molecule has 2 rings (SSSR count). The van der Waals surface area contributed by atoms with Crippen LogP contribution in [-0.4, -0.2) is 22.2 Å². The normalized spacial score (nSPS) is 11.6. The van der Waals surface area contributed by atoms with Gasteiger partial charge in [0.25, 0.3) is 0 Å². The predicted molar refractivity (Wildman–Crippen MR) is 83.8 cm³/mol. The monoisotopic (exact) mass is 298 g/mol. The zero-order chi connectivity index (χ0) is 16.3. The van der Waals surface area contributed by atoms with Crippen molar-refractivity contribution in [1.29, 1.82) is 0 Å². The second-order valence-electron chi connectivity index (χ2n) is 4.53. The molecule has 0 fully saturated rings. The van der Waals surface area contributed by atoms with Gasteiger partial charge in [0.15, 0.2) is 0 Å². The van der Waals surface area contributed by atoms with Gasteiger partial charge >= 0.3 is 11.9 Å². The van der Waals surface area contributed by atoms with E-state index in [0.29, 0.717) is 0 Å². The van der Waals surface area contributed by atoms with Gasteiger partial charge in [-0.25, -0.2) is 9.59 Å². The molecule has 0 aliphatic carbocycles. The lowest BCUT2D eigenvalue weighted by atomic mass is 9.93. The van der Waals surface area contributed by atoms with Gasteiger partial charge in [-0.15, -0.1) is 0 Å². The van der Waals surface area contributed by atoms with Gasteiger partial charge in [0, 0.05) is 5.56 Å². The smallest absolute Gasteiger partial charge is 0.337 e. The Balaban J connectivity index is 2.85. The van der Waals surface area contributed by atoms with E-state index in [1.807, 2.05) is 0 Å². The third kappa shape index (κ3) is 2.76. The Kier molecular flexibility index (Phi) is 4.13. The van der Waals surface area contributed by atoms with Crippen molar-refractivity contribution in [2.24, 2.45) is 0 Å². The van der Waals surface area contributed by atoms with E-state index < -0.39 is 17.5 Å². The molecule has 0 unspecified atom stereocenters. The van der Waals surface area contributed by atoms with Crippen LogP contribution >= 0.6 is 0 Å². The summed E-state index contributed by atoms with van der Waals surface area (Å²) in [5.41, 5.74) is 11.3. The fourth-order valence-corrected chi connectivity index (χ4v) is 2.14. The summed E-state index contributed by atoms with van der Waals surface area (Å²) >= 11 is 0. The molecule has 0 aromatic heterocycles. The van der Waals surface area contributed by atoms with Gasteiger partial charge in [-0.3, -0.25) is 0 Å². The molecule has 2 aromatic carbocycles. The highest BCUT2D eigenvalue weighted by Crippen LogP contribution is 2.32. The number of hydrogen-bond acceptors (Lipinski definition) is 4. The molecule has 0 radical (unpaired) electrons. The minimum Gasteiger partial charge on any atom is -0.478 e. The number of carboxylic acid groups (broad SMARTS) is 2. The first-order chi connectivity index (χ1) is 10.4. The molecule has 0 aliphatic heterocycles. The van der Waals surface area contributed by atoms with Crippen molar-refractivity contribution in [3.63, 3.8) is 0 Å². The molecule has 6 nitrogen and oxygen atoms in total. The van der Waals surface area contributed by atoms with E-state index in [2.05, 4.69) is 0 Å². The second-order valence-corrected chi connectivity index (χ2v) is 4.53. The highest BCUT2D eigenvalue weighted by atomic mass is 16.4. The molecular weight excluding hydrogens is 284 g/mol. The Hall–Kier alpha value is -3.28. The maximum Gasteiger partial charge on any atom is 0.337 e. The summed E-state index contributed by atoms with van der Waals surface area (Å²) in [6.45, 7) is 0. The molecule has 0 aliphatic rings. The largest absolute Gasteiger partial charge is 0.478 e. The average Bonchev–Trinajstić information content (AvgIpc) is 2.48. The van der Waals surface area contributed by atoms with Gasteiger partial charge in [-0.1, -0.05) is 42.5 Å². The molecule has 6 heteroatoms. The number of para-hydroxylation sites is 1. The first-order valence-electron chi connectivity index (χ1n) is 6.34. The SMILES string of the molecule is Nc1cccc(C(C(=O)O)=C(C(=O)O)c2ccccc2)c1N. The molecule has 0 amide bonds. The average molecular weight is 298 g/mol. The Morgan fingerprint density at radius 2 is 1.36 bits per heavy atom. The van der Waals surface area contributed by atoms with Gasteiger partial charge < -0.3 is 21.7 Å². The zero-order valence-electron chi connectivity index (χ0n) is 11.5. The Labute approximate surface area is 126 Å². The third-order valence-electron chi connectivity index (χ3n) is 3.15. The lowest BCUT2D eigenvalue weighted by molar-refractivity contribution is -0.132. The van der Waals surface area contributed by atoms with Crippen molar-refractivity contribution in [2.45, 2.75) is 0 Å². The van der Waals surface area contributed by atoms with Crippen LogP contribution in [0.2, 0.25) is 0 Å². The summed E-state index contributed by atoms with van der Waals surface area (Å²) in [4.78, 5) is 23.3. The van der Waals surface area contributed by atoms with E-state index in [4.69, 9.17) is 11.5 Å². The molecule has 2 aromatic rings. The van der Waals surface area contributed by atoms with Crippen LogP contribution < -0.4 is 11.5 Å². The van der Waals surface area contributed by atoms with Crippen LogP contribution in [0.25, 0.3) is 11.1 Å². The van der Waals surface area contributed by atoms with Crippen LogP contribution in [0.5, 0.6) is 0 Å². The number of anilines is 2. The molecular formula is C16H14N2O4. The van der Waals surface area contributed by atoms with Crippen LogP contribution in [0.15, 0.2) is 48.5 Å². The quantitative estimate of drug-likeness (QED) is 0.388. The number of rotatable bonds is 4. The molecule has 6 N–H and O–H groups in total. The molecule has 0 saturated heterocycles. The lowest BCUT2D eigenvalue weighted by Gasteiger charge is -2.13. The molecule has 0 heterocycles. The van der Waals surface area contributed by atoms with Gasteiger partial charge in [0.05, 0.1) is 22.5 Å². The van der Waals surface area contributed by atoms with Crippen LogP contribution in [0.4, 0.5) is 11.4 Å². The fourth-order valence-electron chi connectivity index (χ4n) is 2.14. The molecule has 0 atom stereocenters. The van der Waals surface area contributed by atoms with E-state index in [9.17, 15) is 19.8 Å². The first-order valence-corrected chi connectivity index (χ1v) is 6.34. The van der Waals surface area contributed by atoms with Crippen LogP contribution in [-0.2, 0) is 9.59 Å². The highest BCUT2D eigenvalue weighted by Gasteiger charge is 2.25. The van der Waals surface area contributed by atoms with Crippen LogP contribution in [0, 0.1) is 0 Å². The fraction of sp³-hybridized carbons (Fsp3) is 0. The topological polar surface area (TPSA) is 127 Å². The van der Waals surface area contributed by atoms with E-state index in [0.717, 1.165) is 0 Å². The summed E-state index contributed by atoms with van der Waals surface area (Å²) in [6, 6.07) is 12.5. The number of carbonyl (C=O) groups is 2. The Bertz CT molecular complexity index is 767. The number of nitrogen functional groups attached to an aromatic ring is 2. The summed E-state index contributed by atoms with van der Waals surface area (Å²) in [5.74, 6) is -2.75. The number of carboxylic acids is 2. The minimum absolute atomic E-state index is 0.0366. The number of aliphatic carboxylic acids is 2. The van der Waals surface area contributed by atoms with Gasteiger partial charge in [0.2, 0.25) is 0 Å². The van der Waals surface area contributed by atoms with Crippen molar-refractivity contribution in [3.8, 4) is 0 Å². The Morgan fingerprint density at radius 3 is 1.91 bits per heavy atom. The van der Waals surface area contributed by atoms with Crippen LogP contribution in [0.3, 0.4) is 0 Å². The molecule has 22 heavy (non-hydrogen) atoms. The van der Waals surface area contributed by atoms with Gasteiger partial charge in [0.1, 0.15) is 0 Å². The Morgan fingerprint density at radius 1 is 0.773 bits per heavy atom. The van der Waals surface area contributed by atoms with Crippen molar-refractivity contribution < 1.29 is 19.8 Å². The number of benzene rings is 2. The van der Waals surface area contributed by atoms with Crippen LogP contribution in [0.1, 0.15) is 11.1 Å². The maximum absolute atomic E-state index is 11.7. The summed E-state index contributed by atoms with van der Waals surface area (Å²) in [7, 11) is 0. The molecule has 0 saturated carbocycles. The predicted octanol–water partition coefficient (Wildman–Crippen LogP) is 1.93. The van der Waals surface area contributed by atoms with Crippen molar-refractivity contribution in [3.05, 3.63) is 59.7 Å². The van der Waals surface area contributed by atoms with Gasteiger partial charge in [-0.05, 0) is 11.6 Å². The van der Waals surface area contributed by atoms with Crippen molar-refractivity contribution in [2.75, 3.05) is 11.5 Å². The van der Waals surface area contributed by atoms with E-state index in [1.165, 1.54) is 30.3 Å². The number of nitrogens with two attached hydrogens (primary N) is 2. The maximum atomic E-state index is 11.7. The summed E-state index contributed by atoms with van der Waals surface area (Å²) < 4.78 is 0.